The molecule has 0 atom stereocenters. The monoisotopic (exact) mass is 254 g/mol. The summed E-state index contributed by atoms with van der Waals surface area (Å²) in [4.78, 5) is 21.7. The Bertz CT molecular complexity index is 393. The number of hydrogen-bond acceptors (Lipinski definition) is 4. The van der Waals surface area contributed by atoms with Crippen LogP contribution >= 0.6 is 11.6 Å². The van der Waals surface area contributed by atoms with Gasteiger partial charge in [-0.25, -0.2) is 4.98 Å². The molecule has 0 aliphatic carbocycles. The number of carbonyl (C=O) groups excluding carboxylic acids is 1. The minimum Gasteiger partial charge on any atom is -0.349 e. The van der Waals surface area contributed by atoms with Crippen LogP contribution < -0.4 is 5.32 Å². The van der Waals surface area contributed by atoms with Gasteiger partial charge in [-0.1, -0.05) is 11.6 Å². The molecular formula is C11H15ClN4O. The Morgan fingerprint density at radius 2 is 2.18 bits per heavy atom. The Hall–Kier alpha value is -1.20. The van der Waals surface area contributed by atoms with Crippen LogP contribution in [0.15, 0.2) is 12.4 Å². The van der Waals surface area contributed by atoms with Crippen LogP contribution in [-0.2, 0) is 0 Å². The molecule has 1 N–H and O–H groups in total. The summed E-state index contributed by atoms with van der Waals surface area (Å²) in [5.74, 6) is -0.223. The lowest BCUT2D eigenvalue weighted by Gasteiger charge is -2.14. The molecule has 0 radical (unpaired) electrons. The molecule has 1 amide bonds. The molecule has 2 heterocycles. The maximum absolute atomic E-state index is 11.7. The van der Waals surface area contributed by atoms with Crippen LogP contribution in [0, 0.1) is 0 Å². The number of halogens is 1. The van der Waals surface area contributed by atoms with Crippen molar-refractivity contribution in [3.63, 3.8) is 0 Å². The van der Waals surface area contributed by atoms with E-state index < -0.39 is 0 Å². The molecule has 1 saturated heterocycles. The largest absolute Gasteiger partial charge is 0.349 e. The van der Waals surface area contributed by atoms with E-state index in [-0.39, 0.29) is 16.8 Å². The third kappa shape index (κ3) is 3.64. The fourth-order valence-electron chi connectivity index (χ4n) is 1.88. The predicted octanol–water partition coefficient (Wildman–Crippen LogP) is 0.956. The van der Waals surface area contributed by atoms with Gasteiger partial charge in [0.05, 0.1) is 12.4 Å². The van der Waals surface area contributed by atoms with Crippen molar-refractivity contribution in [2.45, 2.75) is 12.8 Å². The Morgan fingerprint density at radius 1 is 1.41 bits per heavy atom. The van der Waals surface area contributed by atoms with Gasteiger partial charge in [0.1, 0.15) is 10.8 Å². The summed E-state index contributed by atoms with van der Waals surface area (Å²) in [6.07, 6.45) is 5.33. The van der Waals surface area contributed by atoms with Gasteiger partial charge in [0.2, 0.25) is 0 Å². The summed E-state index contributed by atoms with van der Waals surface area (Å²) in [6.45, 7) is 3.78. The van der Waals surface area contributed by atoms with Crippen molar-refractivity contribution in [2.75, 3.05) is 26.2 Å². The van der Waals surface area contributed by atoms with E-state index in [1.807, 2.05) is 0 Å². The van der Waals surface area contributed by atoms with Crippen molar-refractivity contribution in [3.8, 4) is 0 Å². The van der Waals surface area contributed by atoms with Crippen molar-refractivity contribution in [2.24, 2.45) is 0 Å². The molecule has 0 bridgehead atoms. The van der Waals surface area contributed by atoms with E-state index in [2.05, 4.69) is 20.2 Å². The lowest BCUT2D eigenvalue weighted by atomic mass is 10.4. The third-order valence-electron chi connectivity index (χ3n) is 2.75. The minimum absolute atomic E-state index is 0.223. The van der Waals surface area contributed by atoms with Gasteiger partial charge in [-0.05, 0) is 25.9 Å². The van der Waals surface area contributed by atoms with E-state index in [0.717, 1.165) is 19.6 Å². The standard InChI is InChI=1S/C11H15ClN4O/c12-10-8-13-7-9(15-10)11(17)14-3-6-16-4-1-2-5-16/h7-8H,1-6H2,(H,14,17). The molecule has 5 nitrogen and oxygen atoms in total. The molecule has 6 heteroatoms. The van der Waals surface area contributed by atoms with Gasteiger partial charge >= 0.3 is 0 Å². The maximum atomic E-state index is 11.7. The highest BCUT2D eigenvalue weighted by Crippen LogP contribution is 2.06. The molecule has 1 aromatic rings. The topological polar surface area (TPSA) is 58.1 Å². The first kappa shape index (κ1) is 12.3. The van der Waals surface area contributed by atoms with Crippen molar-refractivity contribution in [3.05, 3.63) is 23.2 Å². The second kappa shape index (κ2) is 5.93. The average molecular weight is 255 g/mol. The van der Waals surface area contributed by atoms with Crippen molar-refractivity contribution in [1.29, 1.82) is 0 Å². The molecule has 1 fully saturated rings. The Morgan fingerprint density at radius 3 is 2.88 bits per heavy atom. The first-order valence-corrected chi connectivity index (χ1v) is 6.11. The van der Waals surface area contributed by atoms with E-state index in [0.29, 0.717) is 6.54 Å². The SMILES string of the molecule is O=C(NCCN1CCCC1)c1cncc(Cl)n1. The molecule has 1 aromatic heterocycles. The first-order chi connectivity index (χ1) is 8.25. The quantitative estimate of drug-likeness (QED) is 0.870. The predicted molar refractivity (Wildman–Crippen MR) is 65.0 cm³/mol. The van der Waals surface area contributed by atoms with Crippen molar-refractivity contribution in [1.82, 2.24) is 20.2 Å². The highest BCUT2D eigenvalue weighted by molar-refractivity contribution is 6.29. The molecular weight excluding hydrogens is 240 g/mol. The second-order valence-electron chi connectivity index (χ2n) is 4.03. The molecule has 1 aliphatic rings. The van der Waals surface area contributed by atoms with Crippen LogP contribution in [0.4, 0.5) is 0 Å². The lowest BCUT2D eigenvalue weighted by Crippen LogP contribution is -2.33. The fourth-order valence-corrected chi connectivity index (χ4v) is 2.02. The minimum atomic E-state index is -0.223. The highest BCUT2D eigenvalue weighted by Gasteiger charge is 2.12. The van der Waals surface area contributed by atoms with Gasteiger partial charge in [0, 0.05) is 13.1 Å². The zero-order chi connectivity index (χ0) is 12.1. The smallest absolute Gasteiger partial charge is 0.271 e. The molecule has 17 heavy (non-hydrogen) atoms. The number of nitrogens with zero attached hydrogens (tertiary/aromatic N) is 3. The summed E-state index contributed by atoms with van der Waals surface area (Å²) >= 11 is 5.66. The van der Waals surface area contributed by atoms with E-state index in [1.165, 1.54) is 25.2 Å². The Balaban J connectivity index is 1.77. The number of likely N-dealkylation sites (tertiary alicyclic amines) is 1. The Kier molecular flexibility index (Phi) is 4.28. The molecule has 0 saturated carbocycles. The zero-order valence-electron chi connectivity index (χ0n) is 9.53. The van der Waals surface area contributed by atoms with E-state index in [4.69, 9.17) is 11.6 Å². The number of rotatable bonds is 4. The Labute approximate surface area is 105 Å². The molecule has 0 aromatic carbocycles. The van der Waals surface area contributed by atoms with E-state index in [1.54, 1.807) is 0 Å². The van der Waals surface area contributed by atoms with Crippen molar-refractivity contribution >= 4 is 17.5 Å². The van der Waals surface area contributed by atoms with Crippen LogP contribution in [0.1, 0.15) is 23.3 Å². The van der Waals surface area contributed by atoms with E-state index in [9.17, 15) is 4.79 Å². The van der Waals surface area contributed by atoms with Gasteiger partial charge in [-0.15, -0.1) is 0 Å². The summed E-state index contributed by atoms with van der Waals surface area (Å²) in [5, 5.41) is 3.04. The van der Waals surface area contributed by atoms with Crippen LogP contribution in [0.5, 0.6) is 0 Å². The molecule has 0 unspecified atom stereocenters. The van der Waals surface area contributed by atoms with Gasteiger partial charge in [-0.3, -0.25) is 9.78 Å². The normalized spacial score (nSPS) is 16.1. The summed E-state index contributed by atoms with van der Waals surface area (Å²) in [6, 6.07) is 0. The highest BCUT2D eigenvalue weighted by atomic mass is 35.5. The van der Waals surface area contributed by atoms with Crippen molar-refractivity contribution < 1.29 is 4.79 Å². The van der Waals surface area contributed by atoms with Crippen LogP contribution in [0.25, 0.3) is 0 Å². The molecule has 2 rings (SSSR count). The summed E-state index contributed by atoms with van der Waals surface area (Å²) in [7, 11) is 0. The number of amides is 1. The fraction of sp³-hybridized carbons (Fsp3) is 0.545. The molecule has 92 valence electrons. The maximum Gasteiger partial charge on any atom is 0.271 e. The lowest BCUT2D eigenvalue weighted by molar-refractivity contribution is 0.0944. The zero-order valence-corrected chi connectivity index (χ0v) is 10.3. The molecule has 0 spiro atoms. The molecule has 1 aliphatic heterocycles. The number of carbonyl (C=O) groups is 1. The van der Waals surface area contributed by atoms with Gasteiger partial charge < -0.3 is 10.2 Å². The summed E-state index contributed by atoms with van der Waals surface area (Å²) in [5.41, 5.74) is 0.263. The van der Waals surface area contributed by atoms with Gasteiger partial charge in [0.15, 0.2) is 0 Å². The van der Waals surface area contributed by atoms with Gasteiger partial charge in [0.25, 0.3) is 5.91 Å². The number of aromatic nitrogens is 2. The second-order valence-corrected chi connectivity index (χ2v) is 4.42. The third-order valence-corrected chi connectivity index (χ3v) is 2.93. The van der Waals surface area contributed by atoms with Crippen LogP contribution in [0.2, 0.25) is 5.15 Å². The first-order valence-electron chi connectivity index (χ1n) is 5.74. The van der Waals surface area contributed by atoms with E-state index >= 15 is 0 Å². The number of hydrogen-bond donors (Lipinski definition) is 1. The summed E-state index contributed by atoms with van der Waals surface area (Å²) < 4.78 is 0. The van der Waals surface area contributed by atoms with Crippen LogP contribution in [0.3, 0.4) is 0 Å². The van der Waals surface area contributed by atoms with Crippen LogP contribution in [-0.4, -0.2) is 47.0 Å². The number of nitrogens with one attached hydrogen (secondary N) is 1. The van der Waals surface area contributed by atoms with Gasteiger partial charge in [-0.2, -0.15) is 0 Å². The average Bonchev–Trinajstić information content (AvgIpc) is 2.82.